The van der Waals surface area contributed by atoms with Gasteiger partial charge < -0.3 is 4.74 Å². The zero-order chi connectivity index (χ0) is 20.4. The minimum atomic E-state index is -0.827. The third kappa shape index (κ3) is 4.01. The number of halogens is 1. The maximum atomic E-state index is 12.9. The molecule has 2 aromatic carbocycles. The van der Waals surface area contributed by atoms with Crippen LogP contribution in [0.2, 0.25) is 0 Å². The fourth-order valence-corrected chi connectivity index (χ4v) is 3.07. The Balaban J connectivity index is 2.07. The first-order valence-electron chi connectivity index (χ1n) is 8.22. The van der Waals surface area contributed by atoms with Gasteiger partial charge in [-0.2, -0.15) is 0 Å². The Bertz CT molecular complexity index is 1040. The molecule has 0 saturated carbocycles. The molecule has 0 atom stereocenters. The van der Waals surface area contributed by atoms with Crippen molar-refractivity contribution in [2.24, 2.45) is 0 Å². The van der Waals surface area contributed by atoms with E-state index in [0.717, 1.165) is 10.5 Å². The second-order valence-electron chi connectivity index (χ2n) is 6.07. The second-order valence-corrected chi connectivity index (χ2v) is 6.99. The summed E-state index contributed by atoms with van der Waals surface area (Å²) in [6.45, 7) is 3.07. The normalized spacial score (nSPS) is 15.6. The number of anilines is 1. The van der Waals surface area contributed by atoms with E-state index in [2.05, 4.69) is 21.2 Å². The molecule has 1 fully saturated rings. The molecule has 1 N–H and O–H groups in total. The molecule has 7 nitrogen and oxygen atoms in total. The van der Waals surface area contributed by atoms with Crippen molar-refractivity contribution in [2.45, 2.75) is 13.8 Å². The molecular weight excluding hydrogens is 428 g/mol. The van der Waals surface area contributed by atoms with Crippen LogP contribution in [0.25, 0.3) is 6.08 Å². The lowest BCUT2D eigenvalue weighted by Gasteiger charge is -2.26. The molecule has 0 bridgehead atoms. The van der Waals surface area contributed by atoms with Crippen LogP contribution in [0.5, 0.6) is 5.75 Å². The zero-order valence-electron chi connectivity index (χ0n) is 15.0. The number of amides is 4. The lowest BCUT2D eigenvalue weighted by atomic mass is 10.1. The van der Waals surface area contributed by atoms with Gasteiger partial charge in [-0.05, 0) is 48.9 Å². The highest BCUT2D eigenvalue weighted by atomic mass is 79.9. The van der Waals surface area contributed by atoms with Crippen LogP contribution in [-0.4, -0.2) is 23.8 Å². The van der Waals surface area contributed by atoms with Crippen molar-refractivity contribution in [1.29, 1.82) is 0 Å². The van der Waals surface area contributed by atoms with Crippen molar-refractivity contribution in [3.8, 4) is 5.75 Å². The summed E-state index contributed by atoms with van der Waals surface area (Å²) < 4.78 is 5.79. The highest BCUT2D eigenvalue weighted by molar-refractivity contribution is 9.10. The van der Waals surface area contributed by atoms with E-state index in [-0.39, 0.29) is 11.3 Å². The fourth-order valence-electron chi connectivity index (χ4n) is 2.69. The number of esters is 1. The number of hydrogen-bond donors (Lipinski definition) is 1. The van der Waals surface area contributed by atoms with Crippen LogP contribution >= 0.6 is 15.9 Å². The molecule has 0 unspecified atom stereocenters. The van der Waals surface area contributed by atoms with Gasteiger partial charge in [-0.1, -0.05) is 28.1 Å². The van der Waals surface area contributed by atoms with E-state index in [9.17, 15) is 19.2 Å². The number of hydrogen-bond acceptors (Lipinski definition) is 5. The largest absolute Gasteiger partial charge is 0.426 e. The summed E-state index contributed by atoms with van der Waals surface area (Å²) >= 11 is 3.30. The van der Waals surface area contributed by atoms with Crippen LogP contribution in [0.1, 0.15) is 18.1 Å². The van der Waals surface area contributed by atoms with E-state index in [4.69, 9.17) is 4.74 Å². The van der Waals surface area contributed by atoms with E-state index < -0.39 is 23.8 Å². The van der Waals surface area contributed by atoms with Crippen molar-refractivity contribution in [1.82, 2.24) is 5.32 Å². The van der Waals surface area contributed by atoms with E-state index in [1.165, 1.54) is 19.1 Å². The van der Waals surface area contributed by atoms with E-state index in [1.54, 1.807) is 30.3 Å². The van der Waals surface area contributed by atoms with Gasteiger partial charge in [-0.3, -0.25) is 19.7 Å². The summed E-state index contributed by atoms with van der Waals surface area (Å²) in [7, 11) is 0. The van der Waals surface area contributed by atoms with Crippen molar-refractivity contribution in [3.63, 3.8) is 0 Å². The lowest BCUT2D eigenvalue weighted by Crippen LogP contribution is -2.54. The van der Waals surface area contributed by atoms with Crippen LogP contribution in [0, 0.1) is 6.92 Å². The monoisotopic (exact) mass is 442 g/mol. The van der Waals surface area contributed by atoms with E-state index in [1.807, 2.05) is 13.0 Å². The van der Waals surface area contributed by atoms with Gasteiger partial charge in [0, 0.05) is 17.0 Å². The number of barbiturate groups is 1. The topological polar surface area (TPSA) is 92.8 Å². The molecule has 1 aliphatic rings. The number of urea groups is 1. The van der Waals surface area contributed by atoms with Gasteiger partial charge in [0.1, 0.15) is 11.3 Å². The maximum Gasteiger partial charge on any atom is 0.335 e. The highest BCUT2D eigenvalue weighted by Gasteiger charge is 2.37. The number of ether oxygens (including phenoxy) is 1. The summed E-state index contributed by atoms with van der Waals surface area (Å²) in [5.41, 5.74) is 1.27. The summed E-state index contributed by atoms with van der Waals surface area (Å²) in [4.78, 5) is 49.7. The molecule has 4 amide bonds. The quantitative estimate of drug-likeness (QED) is 0.340. The number of nitrogens with one attached hydrogen (secondary N) is 1. The molecule has 28 heavy (non-hydrogen) atoms. The zero-order valence-corrected chi connectivity index (χ0v) is 16.6. The first-order chi connectivity index (χ1) is 13.3. The first-order valence-corrected chi connectivity index (χ1v) is 9.01. The van der Waals surface area contributed by atoms with Crippen molar-refractivity contribution in [2.75, 3.05) is 4.90 Å². The Labute approximate surface area is 169 Å². The number of nitrogens with zero attached hydrogens (tertiary/aromatic N) is 1. The Morgan fingerprint density at radius 3 is 2.57 bits per heavy atom. The number of rotatable bonds is 3. The van der Waals surface area contributed by atoms with Gasteiger partial charge in [0.05, 0.1) is 5.69 Å². The molecule has 1 saturated heterocycles. The SMILES string of the molecule is CC(=O)Oc1ccc(Br)cc1C=C1C(=O)NC(=O)N(c2cccc(C)c2)C1=O. The molecule has 0 radical (unpaired) electrons. The van der Waals surface area contributed by atoms with Gasteiger partial charge >= 0.3 is 12.0 Å². The smallest absolute Gasteiger partial charge is 0.335 e. The van der Waals surface area contributed by atoms with Crippen molar-refractivity contribution < 1.29 is 23.9 Å². The molecule has 0 aliphatic carbocycles. The Hall–Kier alpha value is -3.26. The van der Waals surface area contributed by atoms with Crippen LogP contribution < -0.4 is 15.0 Å². The fraction of sp³-hybridized carbons (Fsp3) is 0.100. The maximum absolute atomic E-state index is 12.9. The summed E-state index contributed by atoms with van der Waals surface area (Å²) in [6, 6.07) is 10.8. The van der Waals surface area contributed by atoms with E-state index in [0.29, 0.717) is 15.7 Å². The predicted octanol–water partition coefficient (Wildman–Crippen LogP) is 3.35. The predicted molar refractivity (Wildman–Crippen MR) is 106 cm³/mol. The molecule has 0 aromatic heterocycles. The third-order valence-corrected chi connectivity index (χ3v) is 4.38. The summed E-state index contributed by atoms with van der Waals surface area (Å²) in [5.74, 6) is -1.96. The molecular formula is C20H15BrN2O5. The number of carbonyl (C=O) groups excluding carboxylic acids is 4. The van der Waals surface area contributed by atoms with E-state index >= 15 is 0 Å². The minimum absolute atomic E-state index is 0.183. The van der Waals surface area contributed by atoms with Crippen LogP contribution in [0.3, 0.4) is 0 Å². The highest BCUT2D eigenvalue weighted by Crippen LogP contribution is 2.28. The second kappa shape index (κ2) is 7.77. The van der Waals surface area contributed by atoms with Gasteiger partial charge in [0.25, 0.3) is 11.8 Å². The average Bonchev–Trinajstić information content (AvgIpc) is 2.60. The third-order valence-electron chi connectivity index (χ3n) is 3.89. The Morgan fingerprint density at radius 2 is 1.89 bits per heavy atom. The molecule has 1 aliphatic heterocycles. The Morgan fingerprint density at radius 1 is 1.14 bits per heavy atom. The lowest BCUT2D eigenvalue weighted by molar-refractivity contribution is -0.132. The van der Waals surface area contributed by atoms with Crippen LogP contribution in [-0.2, 0) is 14.4 Å². The van der Waals surface area contributed by atoms with Gasteiger partial charge in [0.2, 0.25) is 0 Å². The summed E-state index contributed by atoms with van der Waals surface area (Å²) in [5, 5.41) is 2.16. The number of aryl methyl sites for hydroxylation is 1. The average molecular weight is 443 g/mol. The molecule has 1 heterocycles. The Kier molecular flexibility index (Phi) is 5.41. The first kappa shape index (κ1) is 19.5. The molecule has 142 valence electrons. The van der Waals surface area contributed by atoms with Crippen molar-refractivity contribution in [3.05, 3.63) is 63.6 Å². The van der Waals surface area contributed by atoms with Crippen molar-refractivity contribution >= 4 is 51.5 Å². The molecule has 2 aromatic rings. The molecule has 8 heteroatoms. The van der Waals surface area contributed by atoms with Crippen LogP contribution in [0.4, 0.5) is 10.5 Å². The standard InChI is InChI=1S/C20H15BrN2O5/c1-11-4-3-5-15(8-11)23-19(26)16(18(25)22-20(23)27)10-13-9-14(21)6-7-17(13)28-12(2)24/h3-10H,1-2H3,(H,22,25,27). The number of imide groups is 2. The number of carbonyl (C=O) groups is 4. The number of benzene rings is 2. The van der Waals surface area contributed by atoms with Gasteiger partial charge in [-0.25, -0.2) is 9.69 Å². The molecule has 3 rings (SSSR count). The summed E-state index contributed by atoms with van der Waals surface area (Å²) in [6.07, 6.45) is 1.29. The minimum Gasteiger partial charge on any atom is -0.426 e. The van der Waals surface area contributed by atoms with Gasteiger partial charge in [0.15, 0.2) is 0 Å². The van der Waals surface area contributed by atoms with Crippen LogP contribution in [0.15, 0.2) is 52.5 Å². The molecule has 0 spiro atoms. The van der Waals surface area contributed by atoms with Gasteiger partial charge in [-0.15, -0.1) is 0 Å².